The van der Waals surface area contributed by atoms with Crippen LogP contribution in [-0.2, 0) is 4.79 Å². The van der Waals surface area contributed by atoms with Gasteiger partial charge in [0, 0.05) is 18.4 Å². The Morgan fingerprint density at radius 2 is 2.14 bits per heavy atom. The van der Waals surface area contributed by atoms with Crippen LogP contribution in [0.25, 0.3) is 0 Å². The third-order valence-electron chi connectivity index (χ3n) is 2.55. The summed E-state index contributed by atoms with van der Waals surface area (Å²) in [7, 11) is 0. The summed E-state index contributed by atoms with van der Waals surface area (Å²) in [5.41, 5.74) is 1.11. The van der Waals surface area contributed by atoms with E-state index in [9.17, 15) is 4.79 Å². The summed E-state index contributed by atoms with van der Waals surface area (Å²) >= 11 is 0. The molecule has 0 radical (unpaired) electrons. The van der Waals surface area contributed by atoms with Crippen molar-refractivity contribution in [3.8, 4) is 0 Å². The van der Waals surface area contributed by atoms with E-state index in [-0.39, 0.29) is 6.04 Å². The van der Waals surface area contributed by atoms with Gasteiger partial charge < -0.3 is 5.11 Å². The number of hydrogen-bond acceptors (Lipinski definition) is 3. The maximum Gasteiger partial charge on any atom is 0.320 e. The molecule has 1 saturated heterocycles. The SMILES string of the molecule is O=C(O)[C@H]1CC[C@@H](c2ccncc2)N1. The third kappa shape index (κ3) is 1.75. The second-order valence-electron chi connectivity index (χ2n) is 3.47. The van der Waals surface area contributed by atoms with Gasteiger partial charge in [0.05, 0.1) is 0 Å². The molecule has 0 aliphatic carbocycles. The van der Waals surface area contributed by atoms with Crippen LogP contribution < -0.4 is 5.32 Å². The molecule has 2 rings (SSSR count). The summed E-state index contributed by atoms with van der Waals surface area (Å²) in [5.74, 6) is -0.762. The van der Waals surface area contributed by atoms with Crippen molar-refractivity contribution in [3.05, 3.63) is 30.1 Å². The van der Waals surface area contributed by atoms with Gasteiger partial charge in [-0.1, -0.05) is 0 Å². The van der Waals surface area contributed by atoms with Crippen LogP contribution >= 0.6 is 0 Å². The van der Waals surface area contributed by atoms with E-state index in [2.05, 4.69) is 10.3 Å². The van der Waals surface area contributed by atoms with E-state index in [1.54, 1.807) is 12.4 Å². The van der Waals surface area contributed by atoms with Crippen molar-refractivity contribution in [1.82, 2.24) is 10.3 Å². The van der Waals surface area contributed by atoms with Crippen LogP contribution in [0.3, 0.4) is 0 Å². The number of carboxylic acid groups (broad SMARTS) is 1. The van der Waals surface area contributed by atoms with E-state index in [1.165, 1.54) is 0 Å². The van der Waals surface area contributed by atoms with Gasteiger partial charge in [0.1, 0.15) is 6.04 Å². The molecule has 0 bridgehead atoms. The average Bonchev–Trinajstić information content (AvgIpc) is 2.68. The predicted molar refractivity (Wildman–Crippen MR) is 50.8 cm³/mol. The highest BCUT2D eigenvalue weighted by molar-refractivity contribution is 5.73. The number of hydrogen-bond donors (Lipinski definition) is 2. The zero-order chi connectivity index (χ0) is 9.97. The van der Waals surface area contributed by atoms with Crippen molar-refractivity contribution >= 4 is 5.97 Å². The van der Waals surface area contributed by atoms with E-state index >= 15 is 0 Å². The molecule has 1 aliphatic rings. The minimum absolute atomic E-state index is 0.166. The van der Waals surface area contributed by atoms with Crippen molar-refractivity contribution in [3.63, 3.8) is 0 Å². The Kier molecular flexibility index (Phi) is 2.45. The maximum absolute atomic E-state index is 10.7. The summed E-state index contributed by atoms with van der Waals surface area (Å²) in [6, 6.07) is 3.61. The van der Waals surface area contributed by atoms with E-state index in [0.717, 1.165) is 12.0 Å². The molecule has 0 spiro atoms. The Morgan fingerprint density at radius 3 is 2.71 bits per heavy atom. The molecule has 0 aromatic carbocycles. The molecule has 74 valence electrons. The number of aliphatic carboxylic acids is 1. The summed E-state index contributed by atoms with van der Waals surface area (Å²) in [6.07, 6.45) is 5.03. The minimum atomic E-state index is -0.762. The van der Waals surface area contributed by atoms with Crippen LogP contribution in [0.15, 0.2) is 24.5 Å². The number of pyridine rings is 1. The van der Waals surface area contributed by atoms with E-state index in [4.69, 9.17) is 5.11 Å². The highest BCUT2D eigenvalue weighted by Gasteiger charge is 2.29. The number of rotatable bonds is 2. The molecule has 4 nitrogen and oxygen atoms in total. The third-order valence-corrected chi connectivity index (χ3v) is 2.55. The van der Waals surface area contributed by atoms with Gasteiger partial charge in [0.2, 0.25) is 0 Å². The van der Waals surface area contributed by atoms with Crippen molar-refractivity contribution in [2.75, 3.05) is 0 Å². The Bertz CT molecular complexity index is 326. The zero-order valence-electron chi connectivity index (χ0n) is 7.68. The summed E-state index contributed by atoms with van der Waals surface area (Å²) in [6.45, 7) is 0. The number of aromatic nitrogens is 1. The van der Waals surface area contributed by atoms with Crippen molar-refractivity contribution in [1.29, 1.82) is 0 Å². The highest BCUT2D eigenvalue weighted by atomic mass is 16.4. The normalized spacial score (nSPS) is 26.3. The van der Waals surface area contributed by atoms with Gasteiger partial charge in [-0.15, -0.1) is 0 Å². The van der Waals surface area contributed by atoms with Gasteiger partial charge in [0.25, 0.3) is 0 Å². The molecule has 1 fully saturated rings. The molecule has 2 atom stereocenters. The lowest BCUT2D eigenvalue weighted by Crippen LogP contribution is -2.31. The fourth-order valence-electron chi connectivity index (χ4n) is 1.80. The molecule has 14 heavy (non-hydrogen) atoms. The monoisotopic (exact) mass is 192 g/mol. The van der Waals surface area contributed by atoms with Crippen molar-refractivity contribution < 1.29 is 9.90 Å². The molecule has 0 unspecified atom stereocenters. The second-order valence-corrected chi connectivity index (χ2v) is 3.47. The van der Waals surface area contributed by atoms with Gasteiger partial charge in [0.15, 0.2) is 0 Å². The molecule has 0 amide bonds. The zero-order valence-corrected chi connectivity index (χ0v) is 7.68. The molecule has 1 aromatic heterocycles. The molecule has 2 N–H and O–H groups in total. The Hall–Kier alpha value is -1.42. The van der Waals surface area contributed by atoms with Gasteiger partial charge in [-0.05, 0) is 30.5 Å². The first kappa shape index (κ1) is 9.15. The molecule has 1 aliphatic heterocycles. The van der Waals surface area contributed by atoms with Gasteiger partial charge in [-0.3, -0.25) is 15.1 Å². The van der Waals surface area contributed by atoms with Gasteiger partial charge in [-0.25, -0.2) is 0 Å². The highest BCUT2D eigenvalue weighted by Crippen LogP contribution is 2.25. The summed E-state index contributed by atoms with van der Waals surface area (Å²) in [4.78, 5) is 14.6. The predicted octanol–water partition coefficient (Wildman–Crippen LogP) is 0.959. The maximum atomic E-state index is 10.7. The molecule has 1 aromatic rings. The lowest BCUT2D eigenvalue weighted by molar-refractivity contribution is -0.139. The first-order chi connectivity index (χ1) is 6.77. The molecular formula is C10H12N2O2. The lowest BCUT2D eigenvalue weighted by atomic mass is 10.1. The summed E-state index contributed by atoms with van der Waals surface area (Å²) in [5, 5.41) is 11.9. The first-order valence-electron chi connectivity index (χ1n) is 4.66. The second kappa shape index (κ2) is 3.75. The largest absolute Gasteiger partial charge is 0.480 e. The average molecular weight is 192 g/mol. The van der Waals surface area contributed by atoms with Crippen LogP contribution in [0.2, 0.25) is 0 Å². The Morgan fingerprint density at radius 1 is 1.43 bits per heavy atom. The fourth-order valence-corrected chi connectivity index (χ4v) is 1.80. The number of carboxylic acids is 1. The van der Waals surface area contributed by atoms with E-state index < -0.39 is 12.0 Å². The Labute approximate surface area is 82.0 Å². The number of nitrogens with one attached hydrogen (secondary N) is 1. The summed E-state index contributed by atoms with van der Waals surface area (Å²) < 4.78 is 0. The van der Waals surface area contributed by atoms with Crippen LogP contribution in [0.1, 0.15) is 24.4 Å². The van der Waals surface area contributed by atoms with Gasteiger partial charge in [-0.2, -0.15) is 0 Å². The standard InChI is InChI=1S/C10H12N2O2/c13-10(14)9-2-1-8(12-9)7-3-5-11-6-4-7/h3-6,8-9,12H,1-2H2,(H,13,14)/t8-,9+/m0/s1. The van der Waals surface area contributed by atoms with Crippen LogP contribution in [0.5, 0.6) is 0 Å². The quantitative estimate of drug-likeness (QED) is 0.732. The minimum Gasteiger partial charge on any atom is -0.480 e. The van der Waals surface area contributed by atoms with Crippen molar-refractivity contribution in [2.24, 2.45) is 0 Å². The van der Waals surface area contributed by atoms with Crippen LogP contribution in [0.4, 0.5) is 0 Å². The Balaban J connectivity index is 2.06. The molecule has 2 heterocycles. The number of carbonyl (C=O) groups is 1. The van der Waals surface area contributed by atoms with E-state index in [1.807, 2.05) is 12.1 Å². The van der Waals surface area contributed by atoms with Crippen LogP contribution in [0, 0.1) is 0 Å². The van der Waals surface area contributed by atoms with Gasteiger partial charge >= 0.3 is 5.97 Å². The molecule has 0 saturated carbocycles. The fraction of sp³-hybridized carbons (Fsp3) is 0.400. The number of nitrogens with zero attached hydrogens (tertiary/aromatic N) is 1. The smallest absolute Gasteiger partial charge is 0.320 e. The first-order valence-corrected chi connectivity index (χ1v) is 4.66. The lowest BCUT2D eigenvalue weighted by Gasteiger charge is -2.11. The molecular weight excluding hydrogens is 180 g/mol. The topological polar surface area (TPSA) is 62.2 Å². The molecule has 4 heteroatoms. The van der Waals surface area contributed by atoms with Crippen LogP contribution in [-0.4, -0.2) is 22.1 Å². The van der Waals surface area contributed by atoms with E-state index in [0.29, 0.717) is 6.42 Å². The van der Waals surface area contributed by atoms with Crippen molar-refractivity contribution in [2.45, 2.75) is 24.9 Å².